The van der Waals surface area contributed by atoms with Gasteiger partial charge in [-0.05, 0) is 62.9 Å². The van der Waals surface area contributed by atoms with Crippen molar-refractivity contribution in [3.05, 3.63) is 34.9 Å². The SMILES string of the molecule is CN1CCCC(NC2CC(c3cccc(Cl)c3)C2)C1. The Bertz CT molecular complexity index is 429. The van der Waals surface area contributed by atoms with Gasteiger partial charge in [0.25, 0.3) is 0 Å². The maximum atomic E-state index is 6.06. The van der Waals surface area contributed by atoms with Crippen LogP contribution in [0.3, 0.4) is 0 Å². The molecule has 1 saturated carbocycles. The highest BCUT2D eigenvalue weighted by molar-refractivity contribution is 6.30. The predicted octanol–water partition coefficient (Wildman–Crippen LogP) is 3.27. The lowest BCUT2D eigenvalue weighted by Crippen LogP contribution is -2.51. The van der Waals surface area contributed by atoms with Gasteiger partial charge in [-0.25, -0.2) is 0 Å². The van der Waals surface area contributed by atoms with Crippen molar-refractivity contribution in [1.82, 2.24) is 10.2 Å². The minimum atomic E-state index is 0.698. The molecule has 0 amide bonds. The lowest BCUT2D eigenvalue weighted by atomic mass is 9.75. The van der Waals surface area contributed by atoms with E-state index in [1.165, 1.54) is 44.3 Å². The molecule has 1 unspecified atom stereocenters. The van der Waals surface area contributed by atoms with Gasteiger partial charge in [0.05, 0.1) is 0 Å². The minimum absolute atomic E-state index is 0.698. The molecule has 3 heteroatoms. The van der Waals surface area contributed by atoms with Crippen molar-refractivity contribution < 1.29 is 0 Å². The number of piperidine rings is 1. The summed E-state index contributed by atoms with van der Waals surface area (Å²) < 4.78 is 0. The molecule has 2 aliphatic rings. The third kappa shape index (κ3) is 3.31. The number of likely N-dealkylation sites (tertiary alicyclic amines) is 1. The fraction of sp³-hybridized carbons (Fsp3) is 0.625. The second-order valence-corrected chi connectivity index (χ2v) is 6.62. The Balaban J connectivity index is 1.47. The van der Waals surface area contributed by atoms with Gasteiger partial charge in [-0.1, -0.05) is 23.7 Å². The van der Waals surface area contributed by atoms with Crippen molar-refractivity contribution in [3.8, 4) is 0 Å². The first-order valence-corrected chi connectivity index (χ1v) is 7.78. The second-order valence-electron chi connectivity index (χ2n) is 6.19. The number of nitrogens with one attached hydrogen (secondary N) is 1. The van der Waals surface area contributed by atoms with E-state index in [9.17, 15) is 0 Å². The largest absolute Gasteiger partial charge is 0.310 e. The Hall–Kier alpha value is -0.570. The van der Waals surface area contributed by atoms with Crippen LogP contribution in [0.5, 0.6) is 0 Å². The summed E-state index contributed by atoms with van der Waals surface area (Å²) in [5.74, 6) is 0.706. The maximum Gasteiger partial charge on any atom is 0.0408 e. The zero-order valence-electron chi connectivity index (χ0n) is 11.6. The molecule has 0 spiro atoms. The standard InChI is InChI=1S/C16H23ClN2/c1-19-7-3-6-15(11-19)18-16-9-13(10-16)12-4-2-5-14(17)8-12/h2,4-5,8,13,15-16,18H,3,6-7,9-11H2,1H3. The van der Waals surface area contributed by atoms with Gasteiger partial charge < -0.3 is 10.2 Å². The number of likely N-dealkylation sites (N-methyl/N-ethyl adjacent to an activating group) is 1. The van der Waals surface area contributed by atoms with E-state index in [1.807, 2.05) is 6.07 Å². The van der Waals surface area contributed by atoms with Gasteiger partial charge in [0.1, 0.15) is 0 Å². The Morgan fingerprint density at radius 1 is 1.26 bits per heavy atom. The van der Waals surface area contributed by atoms with Gasteiger partial charge in [-0.15, -0.1) is 0 Å². The van der Waals surface area contributed by atoms with Crippen LogP contribution in [0.1, 0.15) is 37.2 Å². The van der Waals surface area contributed by atoms with Crippen LogP contribution in [0.25, 0.3) is 0 Å². The lowest BCUT2D eigenvalue weighted by molar-refractivity contribution is 0.185. The van der Waals surface area contributed by atoms with E-state index in [2.05, 4.69) is 35.5 Å². The molecule has 1 saturated heterocycles. The predicted molar refractivity (Wildman–Crippen MR) is 80.9 cm³/mol. The van der Waals surface area contributed by atoms with Crippen LogP contribution in [-0.4, -0.2) is 37.1 Å². The molecule has 2 fully saturated rings. The highest BCUT2D eigenvalue weighted by Gasteiger charge is 2.32. The number of benzene rings is 1. The molecule has 1 aliphatic carbocycles. The van der Waals surface area contributed by atoms with Gasteiger partial charge in [-0.3, -0.25) is 0 Å². The molecule has 0 bridgehead atoms. The van der Waals surface area contributed by atoms with Crippen LogP contribution >= 0.6 is 11.6 Å². The summed E-state index contributed by atoms with van der Waals surface area (Å²) in [6.45, 7) is 2.46. The summed E-state index contributed by atoms with van der Waals surface area (Å²) in [7, 11) is 2.23. The van der Waals surface area contributed by atoms with Crippen LogP contribution < -0.4 is 5.32 Å². The number of hydrogen-bond acceptors (Lipinski definition) is 2. The van der Waals surface area contributed by atoms with E-state index in [-0.39, 0.29) is 0 Å². The smallest absolute Gasteiger partial charge is 0.0408 e. The Labute approximate surface area is 121 Å². The summed E-state index contributed by atoms with van der Waals surface area (Å²) in [6, 6.07) is 9.76. The Morgan fingerprint density at radius 3 is 2.84 bits per heavy atom. The molecule has 104 valence electrons. The lowest BCUT2D eigenvalue weighted by Gasteiger charge is -2.41. The number of hydrogen-bond donors (Lipinski definition) is 1. The average Bonchev–Trinajstić information content (AvgIpc) is 2.33. The fourth-order valence-corrected chi connectivity index (χ4v) is 3.62. The summed E-state index contributed by atoms with van der Waals surface area (Å²) in [5.41, 5.74) is 1.41. The average molecular weight is 279 g/mol. The third-order valence-corrected chi connectivity index (χ3v) is 4.79. The Kier molecular flexibility index (Phi) is 4.11. The molecule has 1 aromatic carbocycles. The van der Waals surface area contributed by atoms with Crippen molar-refractivity contribution >= 4 is 11.6 Å². The van der Waals surface area contributed by atoms with E-state index >= 15 is 0 Å². The van der Waals surface area contributed by atoms with E-state index in [4.69, 9.17) is 11.6 Å². The first kappa shape index (κ1) is 13.4. The van der Waals surface area contributed by atoms with Gasteiger partial charge in [0.2, 0.25) is 0 Å². The first-order chi connectivity index (χ1) is 9.20. The zero-order valence-corrected chi connectivity index (χ0v) is 12.4. The van der Waals surface area contributed by atoms with Gasteiger partial charge in [-0.2, -0.15) is 0 Å². The molecular formula is C16H23ClN2. The van der Waals surface area contributed by atoms with Crippen molar-refractivity contribution in [2.45, 2.75) is 43.7 Å². The normalized spacial score (nSPS) is 32.0. The quantitative estimate of drug-likeness (QED) is 0.913. The molecule has 1 N–H and O–H groups in total. The zero-order chi connectivity index (χ0) is 13.2. The van der Waals surface area contributed by atoms with E-state index in [0.717, 1.165) is 5.02 Å². The minimum Gasteiger partial charge on any atom is -0.310 e. The molecule has 0 radical (unpaired) electrons. The molecule has 1 heterocycles. The van der Waals surface area contributed by atoms with Crippen molar-refractivity contribution in [2.24, 2.45) is 0 Å². The summed E-state index contributed by atoms with van der Waals surface area (Å²) in [4.78, 5) is 2.44. The van der Waals surface area contributed by atoms with Gasteiger partial charge >= 0.3 is 0 Å². The van der Waals surface area contributed by atoms with Gasteiger partial charge in [0.15, 0.2) is 0 Å². The van der Waals surface area contributed by atoms with Crippen LogP contribution in [0, 0.1) is 0 Å². The molecular weight excluding hydrogens is 256 g/mol. The van der Waals surface area contributed by atoms with Crippen LogP contribution in [0.15, 0.2) is 24.3 Å². The topological polar surface area (TPSA) is 15.3 Å². The molecule has 0 aromatic heterocycles. The third-order valence-electron chi connectivity index (χ3n) is 4.55. The van der Waals surface area contributed by atoms with E-state index < -0.39 is 0 Å². The highest BCUT2D eigenvalue weighted by Crippen LogP contribution is 2.38. The van der Waals surface area contributed by atoms with Crippen molar-refractivity contribution in [2.75, 3.05) is 20.1 Å². The monoisotopic (exact) mass is 278 g/mol. The molecule has 1 aromatic rings. The van der Waals surface area contributed by atoms with Gasteiger partial charge in [0, 0.05) is 23.7 Å². The summed E-state index contributed by atoms with van der Waals surface area (Å²) in [5, 5.41) is 4.69. The summed E-state index contributed by atoms with van der Waals surface area (Å²) in [6.07, 6.45) is 5.20. The van der Waals surface area contributed by atoms with Crippen LogP contribution in [0.2, 0.25) is 5.02 Å². The maximum absolute atomic E-state index is 6.06. The molecule has 1 atom stereocenters. The highest BCUT2D eigenvalue weighted by atomic mass is 35.5. The van der Waals surface area contributed by atoms with Crippen LogP contribution in [0.4, 0.5) is 0 Å². The number of rotatable bonds is 3. The second kappa shape index (κ2) is 5.82. The van der Waals surface area contributed by atoms with E-state index in [0.29, 0.717) is 18.0 Å². The molecule has 3 rings (SSSR count). The van der Waals surface area contributed by atoms with E-state index in [1.54, 1.807) is 0 Å². The number of halogens is 1. The van der Waals surface area contributed by atoms with Crippen molar-refractivity contribution in [1.29, 1.82) is 0 Å². The van der Waals surface area contributed by atoms with Crippen molar-refractivity contribution in [3.63, 3.8) is 0 Å². The number of nitrogens with zero attached hydrogens (tertiary/aromatic N) is 1. The fourth-order valence-electron chi connectivity index (χ4n) is 3.42. The van der Waals surface area contributed by atoms with Crippen LogP contribution in [-0.2, 0) is 0 Å². The Morgan fingerprint density at radius 2 is 2.11 bits per heavy atom. The molecule has 2 nitrogen and oxygen atoms in total. The molecule has 1 aliphatic heterocycles. The summed E-state index contributed by atoms with van der Waals surface area (Å²) >= 11 is 6.06. The first-order valence-electron chi connectivity index (χ1n) is 7.41. The molecule has 19 heavy (non-hydrogen) atoms.